The van der Waals surface area contributed by atoms with Gasteiger partial charge in [-0.05, 0) is 79.6 Å². The van der Waals surface area contributed by atoms with Crippen molar-refractivity contribution < 1.29 is 75.0 Å². The van der Waals surface area contributed by atoms with Crippen LogP contribution in [-0.4, -0.2) is 116 Å². The Balaban J connectivity index is 1.59. The van der Waals surface area contributed by atoms with E-state index in [0.717, 1.165) is 0 Å². The molecule has 1 amide bonds. The number of ether oxygens (including phenoxy) is 7. The SMILES string of the molecule is C=C[C@@H]1O[C@@H]2C3=C(C)[C@@H](OC(=O)[C@H](O[Si](C(C)C)(C(C)C)C(C)C)[C@@H](NC(=O)OC(C)C)C(F)(F)F)C[C@@](O)([C@@H](OC(=O)c4ccccc4)[C@H]4[C@@](C)(CC[C@H]5OC[C@]54OC(C)=O)[C@@H]2O1)C3(C)C. The Morgan fingerprint density at radius 2 is 1.57 bits per heavy atom. The Bertz CT molecular complexity index is 2060. The molecule has 2 bridgehead atoms. The lowest BCUT2D eigenvalue weighted by molar-refractivity contribution is -0.345. The summed E-state index contributed by atoms with van der Waals surface area (Å²) < 4.78 is 97.0. The molecular formula is C49H70F3NO13Si. The number of alkyl carbamates (subject to hydrolysis) is 1. The van der Waals surface area contributed by atoms with E-state index in [-0.39, 0.29) is 28.8 Å². The van der Waals surface area contributed by atoms with E-state index in [1.807, 2.05) is 53.8 Å². The van der Waals surface area contributed by atoms with Crippen molar-refractivity contribution in [1.82, 2.24) is 5.32 Å². The van der Waals surface area contributed by atoms with Crippen molar-refractivity contribution >= 4 is 32.3 Å². The zero-order chi connectivity index (χ0) is 50.0. The third-order valence-corrected chi connectivity index (χ3v) is 21.6. The fourth-order valence-corrected chi connectivity index (χ4v) is 18.0. The van der Waals surface area contributed by atoms with E-state index in [0.29, 0.717) is 24.0 Å². The summed E-state index contributed by atoms with van der Waals surface area (Å²) >= 11 is 0. The van der Waals surface area contributed by atoms with Gasteiger partial charge >= 0.3 is 30.2 Å². The predicted octanol–water partition coefficient (Wildman–Crippen LogP) is 8.65. The van der Waals surface area contributed by atoms with Crippen molar-refractivity contribution in [2.45, 2.75) is 198 Å². The van der Waals surface area contributed by atoms with Gasteiger partial charge in [0.05, 0.1) is 30.3 Å². The van der Waals surface area contributed by atoms with Crippen LogP contribution in [0.3, 0.4) is 0 Å². The average Bonchev–Trinajstić information content (AvgIpc) is 3.64. The third-order valence-electron chi connectivity index (χ3n) is 15.5. The van der Waals surface area contributed by atoms with Gasteiger partial charge in [-0.15, -0.1) is 0 Å². The Labute approximate surface area is 393 Å². The first-order chi connectivity index (χ1) is 31.0. The molecule has 12 atom stereocenters. The van der Waals surface area contributed by atoms with E-state index >= 15 is 18.0 Å². The smallest absolute Gasteiger partial charge is 0.411 e. The van der Waals surface area contributed by atoms with Crippen molar-refractivity contribution in [3.05, 3.63) is 59.7 Å². The van der Waals surface area contributed by atoms with Gasteiger partial charge in [-0.2, -0.15) is 13.2 Å². The second-order valence-electron chi connectivity index (χ2n) is 21.0. The fraction of sp³-hybridized carbons (Fsp3) is 0.714. The lowest BCUT2D eigenvalue weighted by atomic mass is 9.45. The molecule has 0 radical (unpaired) electrons. The lowest BCUT2D eigenvalue weighted by Gasteiger charge is -2.68. The van der Waals surface area contributed by atoms with Crippen LogP contribution in [0.15, 0.2) is 54.1 Å². The van der Waals surface area contributed by atoms with E-state index in [1.54, 1.807) is 51.1 Å². The van der Waals surface area contributed by atoms with Crippen LogP contribution in [0.4, 0.5) is 18.0 Å². The molecule has 1 aromatic carbocycles. The minimum absolute atomic E-state index is 0.117. The second kappa shape index (κ2) is 18.8. The Kier molecular flexibility index (Phi) is 14.8. The maximum Gasteiger partial charge on any atom is 0.411 e. The van der Waals surface area contributed by atoms with Crippen LogP contribution in [-0.2, 0) is 47.2 Å². The fourth-order valence-electron chi connectivity index (χ4n) is 12.5. The molecule has 5 aliphatic rings. The molecule has 2 N–H and O–H groups in total. The molecule has 0 aromatic heterocycles. The Hall–Kier alpha value is -3.81. The maximum absolute atomic E-state index is 15.5. The molecule has 2 heterocycles. The molecule has 2 saturated heterocycles. The van der Waals surface area contributed by atoms with Crippen molar-refractivity contribution in [2.75, 3.05) is 6.61 Å². The molecule has 4 fully saturated rings. The summed E-state index contributed by atoms with van der Waals surface area (Å²) in [6, 6.07) is 5.19. The van der Waals surface area contributed by atoms with Crippen LogP contribution in [0.25, 0.3) is 0 Å². The number of carbonyl (C=O) groups is 4. The van der Waals surface area contributed by atoms with Crippen molar-refractivity contribution in [3.8, 4) is 0 Å². The molecule has 3 aliphatic carbocycles. The number of carbonyl (C=O) groups excluding carboxylic acids is 4. The van der Waals surface area contributed by atoms with Gasteiger partial charge in [0.1, 0.15) is 30.0 Å². The van der Waals surface area contributed by atoms with Crippen LogP contribution >= 0.6 is 0 Å². The molecule has 2 aliphatic heterocycles. The first-order valence-electron chi connectivity index (χ1n) is 23.4. The number of rotatable bonds is 14. The monoisotopic (exact) mass is 965 g/mol. The third kappa shape index (κ3) is 9.00. The first-order valence-corrected chi connectivity index (χ1v) is 25.5. The van der Waals surface area contributed by atoms with Crippen molar-refractivity contribution in [3.63, 3.8) is 0 Å². The van der Waals surface area contributed by atoms with Crippen LogP contribution in [0.2, 0.25) is 16.6 Å². The highest BCUT2D eigenvalue weighted by molar-refractivity contribution is 6.77. The molecular weight excluding hydrogens is 896 g/mol. The van der Waals surface area contributed by atoms with E-state index in [9.17, 15) is 19.5 Å². The molecule has 374 valence electrons. The highest BCUT2D eigenvalue weighted by atomic mass is 28.4. The zero-order valence-corrected chi connectivity index (χ0v) is 42.0. The van der Waals surface area contributed by atoms with Gasteiger partial charge in [-0.1, -0.05) is 87.1 Å². The molecule has 6 rings (SSSR count). The van der Waals surface area contributed by atoms with E-state index in [2.05, 4.69) is 6.58 Å². The number of esters is 3. The Morgan fingerprint density at radius 3 is 2.07 bits per heavy atom. The zero-order valence-electron chi connectivity index (χ0n) is 41.0. The van der Waals surface area contributed by atoms with Crippen LogP contribution in [0.1, 0.15) is 120 Å². The summed E-state index contributed by atoms with van der Waals surface area (Å²) in [6.07, 6.45) is -14.8. The van der Waals surface area contributed by atoms with E-state index < -0.39 is 128 Å². The number of alkyl halides is 3. The minimum Gasteiger partial charge on any atom is -0.456 e. The number of benzene rings is 1. The molecule has 18 heteroatoms. The summed E-state index contributed by atoms with van der Waals surface area (Å²) in [5.74, 6) is -3.99. The number of aliphatic hydroxyl groups is 1. The van der Waals surface area contributed by atoms with Gasteiger partial charge in [0.15, 0.2) is 24.0 Å². The summed E-state index contributed by atoms with van der Waals surface area (Å²) in [7, 11) is -3.40. The van der Waals surface area contributed by atoms with Gasteiger partial charge in [0.2, 0.25) is 8.32 Å². The molecule has 67 heavy (non-hydrogen) atoms. The first kappa shape index (κ1) is 52.6. The topological polar surface area (TPSA) is 174 Å². The number of hydrogen-bond donors (Lipinski definition) is 2. The number of hydrogen-bond acceptors (Lipinski definition) is 13. The molecule has 0 spiro atoms. The van der Waals surface area contributed by atoms with Crippen molar-refractivity contribution in [2.24, 2.45) is 16.7 Å². The van der Waals surface area contributed by atoms with E-state index in [4.69, 9.17) is 37.6 Å². The van der Waals surface area contributed by atoms with Crippen LogP contribution in [0, 0.1) is 16.7 Å². The molecule has 14 nitrogen and oxygen atoms in total. The van der Waals surface area contributed by atoms with Crippen LogP contribution < -0.4 is 5.32 Å². The summed E-state index contributed by atoms with van der Waals surface area (Å²) in [5.41, 5.74) is -6.28. The minimum atomic E-state index is -5.26. The van der Waals surface area contributed by atoms with Gasteiger partial charge in [0, 0.05) is 24.2 Å². The number of amides is 1. The Morgan fingerprint density at radius 1 is 0.955 bits per heavy atom. The van der Waals surface area contributed by atoms with Gasteiger partial charge in [-0.3, -0.25) is 4.79 Å². The second-order valence-corrected chi connectivity index (χ2v) is 26.4. The quantitative estimate of drug-likeness (QED) is 0.0786. The van der Waals surface area contributed by atoms with Gasteiger partial charge < -0.3 is 48.0 Å². The van der Waals surface area contributed by atoms with E-state index in [1.165, 1.54) is 26.8 Å². The predicted molar refractivity (Wildman–Crippen MR) is 241 cm³/mol. The van der Waals surface area contributed by atoms with Crippen molar-refractivity contribution in [1.29, 1.82) is 0 Å². The number of fused-ring (bicyclic) bond motifs is 8. The summed E-state index contributed by atoms with van der Waals surface area (Å²) in [4.78, 5) is 55.8. The largest absolute Gasteiger partial charge is 0.456 e. The van der Waals surface area contributed by atoms with Gasteiger partial charge in [0.25, 0.3) is 0 Å². The summed E-state index contributed by atoms with van der Waals surface area (Å²) in [6.45, 7) is 26.1. The lowest BCUT2D eigenvalue weighted by Crippen LogP contribution is -2.79. The van der Waals surface area contributed by atoms with Crippen LogP contribution in [0.5, 0.6) is 0 Å². The summed E-state index contributed by atoms with van der Waals surface area (Å²) in [5, 5.41) is 15.9. The number of halogens is 3. The van der Waals surface area contributed by atoms with Gasteiger partial charge in [-0.25, -0.2) is 14.4 Å². The molecule has 0 unspecified atom stereocenters. The standard InChI is InChI=1S/C49H70F3NO13Si/c1-15-34-62-36-35-29(10)32(61-43(56)37(66-67(26(4)5,27(6)7)28(8)9)39(49(50,51)52)53-44(57)60-25(2)3)23-48(58,45(35,12)13)41(64-42(55)31-19-17-16-18-20-31)38-46(14,40(36)63-34)22-21-33-47(38,24-59-33)65-30(11)54/h15-20,25-28,32-34,36-41,58H,1,21-24H2,2-14H3,(H,53,57)/t32-,33+,34+,36+,37+,38-,39+,40+,41-,46+,47-,48+/m0/s1. The maximum atomic E-state index is 15.5. The molecule has 1 aromatic rings. The highest BCUT2D eigenvalue weighted by Crippen LogP contribution is 2.67. The normalized spacial score (nSPS) is 33.3. The average molecular weight is 966 g/mol. The highest BCUT2D eigenvalue weighted by Gasteiger charge is 2.77. The molecule has 2 saturated carbocycles. The number of nitrogens with one attached hydrogen (secondary N) is 1.